The van der Waals surface area contributed by atoms with Crippen molar-refractivity contribution in [3.63, 3.8) is 0 Å². The van der Waals surface area contributed by atoms with E-state index in [2.05, 4.69) is 14.8 Å². The van der Waals surface area contributed by atoms with Gasteiger partial charge in [-0.2, -0.15) is 10.1 Å². The highest BCUT2D eigenvalue weighted by atomic mass is 16.5. The molecule has 1 fully saturated rings. The number of aryl methyl sites for hydroxylation is 1. The van der Waals surface area contributed by atoms with Crippen LogP contribution < -0.4 is 0 Å². The van der Waals surface area contributed by atoms with E-state index < -0.39 is 11.5 Å². The quantitative estimate of drug-likeness (QED) is 0.424. The number of nitrogens with zero attached hydrogens (tertiary/aromatic N) is 3. The van der Waals surface area contributed by atoms with Crippen LogP contribution in [0.4, 0.5) is 0 Å². The van der Waals surface area contributed by atoms with E-state index in [1.54, 1.807) is 19.3 Å². The Hall–Kier alpha value is -1.94. The molecule has 0 saturated heterocycles. The summed E-state index contributed by atoms with van der Waals surface area (Å²) in [7, 11) is 3.00. The number of carbonyl (C=O) groups excluding carboxylic acids is 2. The molecule has 1 aromatic heterocycles. The largest absolute Gasteiger partial charge is 0.464 e. The minimum atomic E-state index is -0.598. The maximum absolute atomic E-state index is 11.5. The Balaban J connectivity index is 2.48. The van der Waals surface area contributed by atoms with Crippen LogP contribution in [0.25, 0.3) is 0 Å². The fourth-order valence-electron chi connectivity index (χ4n) is 1.72. The number of carbonyl (C=O) groups is 1. The van der Waals surface area contributed by atoms with Crippen LogP contribution in [0.1, 0.15) is 28.9 Å². The predicted molar refractivity (Wildman–Crippen MR) is 53.6 cm³/mol. The van der Waals surface area contributed by atoms with Gasteiger partial charge in [-0.05, 0) is 12.8 Å². The fourth-order valence-corrected chi connectivity index (χ4v) is 1.72. The first-order valence-corrected chi connectivity index (χ1v) is 4.84. The zero-order valence-electron chi connectivity index (χ0n) is 9.06. The zero-order valence-corrected chi connectivity index (χ0v) is 9.06. The molecule has 6 nitrogen and oxygen atoms in total. The molecule has 2 rings (SSSR count). The molecule has 16 heavy (non-hydrogen) atoms. The Bertz CT molecular complexity index is 481. The molecule has 6 heteroatoms. The average Bonchev–Trinajstić information content (AvgIpc) is 2.93. The predicted octanol–water partition coefficient (Wildman–Crippen LogP) is 0.532. The van der Waals surface area contributed by atoms with Gasteiger partial charge in [-0.3, -0.25) is 4.68 Å². The van der Waals surface area contributed by atoms with E-state index in [0.717, 1.165) is 12.8 Å². The second kappa shape index (κ2) is 3.57. The Morgan fingerprint density at radius 2 is 2.38 bits per heavy atom. The Morgan fingerprint density at radius 1 is 1.69 bits per heavy atom. The summed E-state index contributed by atoms with van der Waals surface area (Å²) in [6.45, 7) is 0. The van der Waals surface area contributed by atoms with Gasteiger partial charge < -0.3 is 4.74 Å². The van der Waals surface area contributed by atoms with E-state index in [9.17, 15) is 9.59 Å². The second-order valence-electron chi connectivity index (χ2n) is 3.79. The number of aromatic nitrogens is 2. The van der Waals surface area contributed by atoms with Crippen LogP contribution in [-0.2, 0) is 22.1 Å². The molecule has 1 heterocycles. The van der Waals surface area contributed by atoms with Crippen LogP contribution in [0, 0.1) is 0 Å². The molecule has 0 bridgehead atoms. The van der Waals surface area contributed by atoms with E-state index in [4.69, 9.17) is 0 Å². The van der Waals surface area contributed by atoms with Crippen molar-refractivity contribution in [1.29, 1.82) is 0 Å². The summed E-state index contributed by atoms with van der Waals surface area (Å²) in [4.78, 5) is 25.6. The lowest BCUT2D eigenvalue weighted by Crippen LogP contribution is -2.11. The number of isocyanates is 1. The van der Waals surface area contributed by atoms with Crippen molar-refractivity contribution in [1.82, 2.24) is 9.78 Å². The second-order valence-corrected chi connectivity index (χ2v) is 3.79. The number of hydrogen-bond acceptors (Lipinski definition) is 5. The fraction of sp³-hybridized carbons (Fsp3) is 0.500. The highest BCUT2D eigenvalue weighted by Gasteiger charge is 2.48. The van der Waals surface area contributed by atoms with E-state index in [0.29, 0.717) is 5.56 Å². The van der Waals surface area contributed by atoms with Crippen LogP contribution in [-0.4, -0.2) is 28.9 Å². The van der Waals surface area contributed by atoms with Gasteiger partial charge in [0.05, 0.1) is 7.11 Å². The van der Waals surface area contributed by atoms with Gasteiger partial charge in [0.1, 0.15) is 5.54 Å². The first-order chi connectivity index (χ1) is 7.63. The highest BCUT2D eigenvalue weighted by Crippen LogP contribution is 2.50. The van der Waals surface area contributed by atoms with Gasteiger partial charge in [-0.15, -0.1) is 0 Å². The molecule has 0 atom stereocenters. The number of hydrogen-bond donors (Lipinski definition) is 0. The zero-order chi connectivity index (χ0) is 11.8. The third-order valence-corrected chi connectivity index (χ3v) is 2.69. The summed E-state index contributed by atoms with van der Waals surface area (Å²) in [5.74, 6) is -0.511. The lowest BCUT2D eigenvalue weighted by Gasteiger charge is -2.05. The lowest BCUT2D eigenvalue weighted by atomic mass is 10.1. The Kier molecular flexibility index (Phi) is 2.36. The molecular weight excluding hydrogens is 210 g/mol. The van der Waals surface area contributed by atoms with Gasteiger partial charge in [0.2, 0.25) is 6.08 Å². The van der Waals surface area contributed by atoms with Crippen molar-refractivity contribution in [2.75, 3.05) is 7.11 Å². The third-order valence-electron chi connectivity index (χ3n) is 2.69. The summed E-state index contributed by atoms with van der Waals surface area (Å²) >= 11 is 0. The van der Waals surface area contributed by atoms with Crippen LogP contribution >= 0.6 is 0 Å². The number of rotatable bonds is 3. The van der Waals surface area contributed by atoms with E-state index in [-0.39, 0.29) is 5.69 Å². The van der Waals surface area contributed by atoms with Crippen LogP contribution in [0.5, 0.6) is 0 Å². The topological polar surface area (TPSA) is 73.5 Å². The molecule has 84 valence electrons. The number of aliphatic imine (C=N–C) groups is 1. The maximum atomic E-state index is 11.5. The van der Waals surface area contributed by atoms with Crippen molar-refractivity contribution in [3.05, 3.63) is 17.5 Å². The number of methoxy groups -OCH3 is 1. The monoisotopic (exact) mass is 221 g/mol. The summed E-state index contributed by atoms with van der Waals surface area (Å²) in [6.07, 6.45) is 4.71. The molecule has 1 aromatic rings. The van der Waals surface area contributed by atoms with E-state index in [1.165, 1.54) is 11.8 Å². The third kappa shape index (κ3) is 1.53. The van der Waals surface area contributed by atoms with Crippen molar-refractivity contribution >= 4 is 12.0 Å². The van der Waals surface area contributed by atoms with E-state index in [1.807, 2.05) is 0 Å². The Labute approximate surface area is 91.9 Å². The molecule has 0 unspecified atom stereocenters. The smallest absolute Gasteiger partial charge is 0.358 e. The molecule has 0 N–H and O–H groups in total. The summed E-state index contributed by atoms with van der Waals surface area (Å²) in [6, 6.07) is 0. The molecule has 1 aliphatic carbocycles. The van der Waals surface area contributed by atoms with Gasteiger partial charge in [0.25, 0.3) is 0 Å². The minimum Gasteiger partial charge on any atom is -0.464 e. The lowest BCUT2D eigenvalue weighted by molar-refractivity contribution is 0.0591. The number of ether oxygens (including phenoxy) is 1. The van der Waals surface area contributed by atoms with Crippen LogP contribution in [0.3, 0.4) is 0 Å². The minimum absolute atomic E-state index is 0.224. The summed E-state index contributed by atoms with van der Waals surface area (Å²) in [5, 5.41) is 4.02. The highest BCUT2D eigenvalue weighted by molar-refractivity contribution is 5.89. The maximum Gasteiger partial charge on any atom is 0.358 e. The van der Waals surface area contributed by atoms with Gasteiger partial charge in [0.15, 0.2) is 5.69 Å². The molecule has 0 amide bonds. The molecular formula is C10H11N3O3. The standard InChI is InChI=1S/C10H11N3O3/c1-13-5-7(8(12-13)9(15)16-2)10(3-4-10)11-6-14/h5H,3-4H2,1-2H3. The number of esters is 1. The molecule has 1 aliphatic rings. The van der Waals surface area contributed by atoms with Gasteiger partial charge in [-0.1, -0.05) is 0 Å². The SMILES string of the molecule is COC(=O)c1nn(C)cc1C1(N=C=O)CC1. The Morgan fingerprint density at radius 3 is 2.88 bits per heavy atom. The van der Waals surface area contributed by atoms with Crippen molar-refractivity contribution in [2.45, 2.75) is 18.4 Å². The van der Waals surface area contributed by atoms with Crippen molar-refractivity contribution in [3.8, 4) is 0 Å². The summed E-state index contributed by atoms with van der Waals surface area (Å²) < 4.78 is 6.15. The van der Waals surface area contributed by atoms with E-state index >= 15 is 0 Å². The van der Waals surface area contributed by atoms with Crippen molar-refractivity contribution < 1.29 is 14.3 Å². The molecule has 1 saturated carbocycles. The van der Waals surface area contributed by atoms with Gasteiger partial charge >= 0.3 is 5.97 Å². The first-order valence-electron chi connectivity index (χ1n) is 4.84. The average molecular weight is 221 g/mol. The molecule has 0 aliphatic heterocycles. The van der Waals surface area contributed by atoms with Gasteiger partial charge in [-0.25, -0.2) is 9.59 Å². The van der Waals surface area contributed by atoms with Crippen molar-refractivity contribution in [2.24, 2.45) is 12.0 Å². The van der Waals surface area contributed by atoms with Gasteiger partial charge in [0, 0.05) is 18.8 Å². The normalized spacial score (nSPS) is 16.4. The molecule has 0 radical (unpaired) electrons. The summed E-state index contributed by atoms with van der Waals surface area (Å²) in [5.41, 5.74) is 0.270. The molecule has 0 aromatic carbocycles. The molecule has 0 spiro atoms. The van der Waals surface area contributed by atoms with Crippen LogP contribution in [0.2, 0.25) is 0 Å². The first kappa shape index (κ1) is 10.6. The van der Waals surface area contributed by atoms with Crippen LogP contribution in [0.15, 0.2) is 11.2 Å².